The zero-order valence-electron chi connectivity index (χ0n) is 11.7. The summed E-state index contributed by atoms with van der Waals surface area (Å²) < 4.78 is 38.4. The van der Waals surface area contributed by atoms with Crippen LogP contribution in [0.4, 0.5) is 18.9 Å². The molecule has 0 saturated carbocycles. The number of halogens is 3. The van der Waals surface area contributed by atoms with Gasteiger partial charge in [-0.2, -0.15) is 18.3 Å². The number of aryl methyl sites for hydroxylation is 2. The maximum atomic E-state index is 12.8. The maximum Gasteiger partial charge on any atom is 0.417 e. The van der Waals surface area contributed by atoms with Crippen molar-refractivity contribution in [3.63, 3.8) is 0 Å². The van der Waals surface area contributed by atoms with Gasteiger partial charge in [0.25, 0.3) is 0 Å². The number of alkyl halides is 3. The van der Waals surface area contributed by atoms with Gasteiger partial charge < -0.3 is 0 Å². The van der Waals surface area contributed by atoms with E-state index in [2.05, 4.69) is 10.5 Å². The van der Waals surface area contributed by atoms with Crippen LogP contribution in [0.1, 0.15) is 22.3 Å². The number of nitrogens with zero attached hydrogens (tertiary/aromatic N) is 1. The van der Waals surface area contributed by atoms with Crippen molar-refractivity contribution >= 4 is 11.9 Å². The first-order valence-corrected chi connectivity index (χ1v) is 6.40. The molecule has 2 aromatic carbocycles. The van der Waals surface area contributed by atoms with Crippen LogP contribution in [-0.2, 0) is 6.18 Å². The highest BCUT2D eigenvalue weighted by Gasteiger charge is 2.32. The van der Waals surface area contributed by atoms with Crippen molar-refractivity contribution in [3.8, 4) is 0 Å². The molecular weight excluding hydrogens is 277 g/mol. The van der Waals surface area contributed by atoms with Crippen LogP contribution >= 0.6 is 0 Å². The van der Waals surface area contributed by atoms with E-state index in [0.717, 1.165) is 22.9 Å². The second-order valence-electron chi connectivity index (χ2n) is 4.75. The van der Waals surface area contributed by atoms with E-state index in [-0.39, 0.29) is 5.56 Å². The zero-order chi connectivity index (χ0) is 15.5. The highest BCUT2D eigenvalue weighted by molar-refractivity contribution is 5.82. The van der Waals surface area contributed by atoms with E-state index in [9.17, 15) is 13.2 Å². The summed E-state index contributed by atoms with van der Waals surface area (Å²) >= 11 is 0. The van der Waals surface area contributed by atoms with Gasteiger partial charge >= 0.3 is 6.18 Å². The lowest BCUT2D eigenvalue weighted by atomic mass is 10.1. The first-order valence-electron chi connectivity index (χ1n) is 6.40. The predicted molar refractivity (Wildman–Crippen MR) is 78.6 cm³/mol. The zero-order valence-corrected chi connectivity index (χ0v) is 11.7. The molecule has 0 unspecified atom stereocenters. The SMILES string of the molecule is Cc1ccc(N/N=C/c2ccccc2C(F)(F)F)cc1C. The molecule has 2 aromatic rings. The van der Waals surface area contributed by atoms with Gasteiger partial charge in [0.2, 0.25) is 0 Å². The predicted octanol–water partition coefficient (Wildman–Crippen LogP) is 4.77. The number of hydrogen-bond acceptors (Lipinski definition) is 2. The molecule has 0 aromatic heterocycles. The number of nitrogens with one attached hydrogen (secondary N) is 1. The Hall–Kier alpha value is -2.30. The van der Waals surface area contributed by atoms with Gasteiger partial charge in [0.1, 0.15) is 0 Å². The first-order chi connectivity index (χ1) is 9.88. The molecule has 1 N–H and O–H groups in total. The van der Waals surface area contributed by atoms with E-state index in [4.69, 9.17) is 0 Å². The molecule has 21 heavy (non-hydrogen) atoms. The Morgan fingerprint density at radius 2 is 1.71 bits per heavy atom. The average Bonchev–Trinajstić information content (AvgIpc) is 2.42. The molecule has 110 valence electrons. The normalized spacial score (nSPS) is 11.9. The van der Waals surface area contributed by atoms with E-state index < -0.39 is 11.7 Å². The van der Waals surface area contributed by atoms with Gasteiger partial charge in [0, 0.05) is 5.56 Å². The molecule has 0 aliphatic carbocycles. The smallest absolute Gasteiger partial charge is 0.278 e. The Kier molecular flexibility index (Phi) is 4.31. The molecule has 0 atom stereocenters. The number of rotatable bonds is 3. The molecule has 0 aliphatic heterocycles. The van der Waals surface area contributed by atoms with Gasteiger partial charge in [-0.3, -0.25) is 5.43 Å². The minimum atomic E-state index is -4.39. The number of hydrogen-bond donors (Lipinski definition) is 1. The third kappa shape index (κ3) is 3.84. The summed E-state index contributed by atoms with van der Waals surface area (Å²) in [5, 5.41) is 3.88. The molecule has 0 radical (unpaired) electrons. The minimum Gasteiger partial charge on any atom is -0.278 e. The van der Waals surface area contributed by atoms with Crippen molar-refractivity contribution in [1.82, 2.24) is 0 Å². The van der Waals surface area contributed by atoms with Crippen molar-refractivity contribution in [1.29, 1.82) is 0 Å². The molecule has 0 spiro atoms. The lowest BCUT2D eigenvalue weighted by molar-refractivity contribution is -0.137. The van der Waals surface area contributed by atoms with Gasteiger partial charge in [0.15, 0.2) is 0 Å². The third-order valence-corrected chi connectivity index (χ3v) is 3.17. The van der Waals surface area contributed by atoms with Crippen LogP contribution in [0.15, 0.2) is 47.6 Å². The van der Waals surface area contributed by atoms with Gasteiger partial charge in [-0.15, -0.1) is 0 Å². The molecule has 0 heterocycles. The monoisotopic (exact) mass is 292 g/mol. The summed E-state index contributed by atoms with van der Waals surface area (Å²) in [6.07, 6.45) is -3.21. The summed E-state index contributed by atoms with van der Waals surface area (Å²) in [5.41, 5.74) is 5.04. The average molecular weight is 292 g/mol. The Morgan fingerprint density at radius 3 is 2.38 bits per heavy atom. The molecule has 0 aliphatic rings. The topological polar surface area (TPSA) is 24.4 Å². The molecule has 2 nitrogen and oxygen atoms in total. The fraction of sp³-hybridized carbons (Fsp3) is 0.188. The van der Waals surface area contributed by atoms with Gasteiger partial charge in [-0.05, 0) is 43.2 Å². The Morgan fingerprint density at radius 1 is 1.00 bits per heavy atom. The highest BCUT2D eigenvalue weighted by Crippen LogP contribution is 2.31. The second kappa shape index (κ2) is 5.99. The minimum absolute atomic E-state index is 0.0290. The Bertz CT molecular complexity index is 661. The van der Waals surface area contributed by atoms with Crippen LogP contribution in [0.5, 0.6) is 0 Å². The number of benzene rings is 2. The van der Waals surface area contributed by atoms with Crippen molar-refractivity contribution < 1.29 is 13.2 Å². The summed E-state index contributed by atoms with van der Waals surface area (Å²) in [7, 11) is 0. The van der Waals surface area contributed by atoms with Crippen molar-refractivity contribution in [3.05, 3.63) is 64.7 Å². The summed E-state index contributed by atoms with van der Waals surface area (Å²) in [6, 6.07) is 11.0. The molecule has 2 rings (SSSR count). The second-order valence-corrected chi connectivity index (χ2v) is 4.75. The molecule has 5 heteroatoms. The lowest BCUT2D eigenvalue weighted by Gasteiger charge is -2.09. The highest BCUT2D eigenvalue weighted by atomic mass is 19.4. The summed E-state index contributed by atoms with van der Waals surface area (Å²) in [4.78, 5) is 0. The Labute approximate surface area is 121 Å². The Balaban J connectivity index is 2.17. The van der Waals surface area contributed by atoms with Gasteiger partial charge in [-0.25, -0.2) is 0 Å². The van der Waals surface area contributed by atoms with Crippen LogP contribution in [0, 0.1) is 13.8 Å². The largest absolute Gasteiger partial charge is 0.417 e. The molecule has 0 amide bonds. The molecule has 0 saturated heterocycles. The standard InChI is InChI=1S/C16H15F3N2/c1-11-7-8-14(9-12(11)2)21-20-10-13-5-3-4-6-15(13)16(17,18)19/h3-10,21H,1-2H3/b20-10+. The van der Waals surface area contributed by atoms with Crippen LogP contribution in [0.25, 0.3) is 0 Å². The maximum absolute atomic E-state index is 12.8. The fourth-order valence-electron chi connectivity index (χ4n) is 1.86. The van der Waals surface area contributed by atoms with E-state index in [1.807, 2.05) is 32.0 Å². The first kappa shape index (κ1) is 15.1. The van der Waals surface area contributed by atoms with E-state index in [0.29, 0.717) is 0 Å². The van der Waals surface area contributed by atoms with E-state index in [1.165, 1.54) is 18.3 Å². The molecule has 0 fully saturated rings. The number of anilines is 1. The van der Waals surface area contributed by atoms with Gasteiger partial charge in [0.05, 0.1) is 17.5 Å². The van der Waals surface area contributed by atoms with Crippen LogP contribution < -0.4 is 5.43 Å². The molecule has 0 bridgehead atoms. The van der Waals surface area contributed by atoms with Crippen LogP contribution in [0.3, 0.4) is 0 Å². The summed E-state index contributed by atoms with van der Waals surface area (Å²) in [5.74, 6) is 0. The van der Waals surface area contributed by atoms with Gasteiger partial charge in [-0.1, -0.05) is 24.3 Å². The van der Waals surface area contributed by atoms with E-state index in [1.54, 1.807) is 6.07 Å². The van der Waals surface area contributed by atoms with Crippen molar-refractivity contribution in [2.24, 2.45) is 5.10 Å². The van der Waals surface area contributed by atoms with Crippen LogP contribution in [-0.4, -0.2) is 6.21 Å². The van der Waals surface area contributed by atoms with Crippen molar-refractivity contribution in [2.45, 2.75) is 20.0 Å². The fourth-order valence-corrected chi connectivity index (χ4v) is 1.86. The summed E-state index contributed by atoms with van der Waals surface area (Å²) in [6.45, 7) is 3.95. The lowest BCUT2D eigenvalue weighted by Crippen LogP contribution is -2.08. The number of hydrazone groups is 1. The van der Waals surface area contributed by atoms with Crippen LogP contribution in [0.2, 0.25) is 0 Å². The third-order valence-electron chi connectivity index (χ3n) is 3.17. The quantitative estimate of drug-likeness (QED) is 0.639. The van der Waals surface area contributed by atoms with Crippen molar-refractivity contribution in [2.75, 3.05) is 5.43 Å². The molecular formula is C16H15F3N2. The van der Waals surface area contributed by atoms with E-state index >= 15 is 0 Å².